The summed E-state index contributed by atoms with van der Waals surface area (Å²) in [6, 6.07) is 8.15. The minimum atomic E-state index is 0.0442. The van der Waals surface area contributed by atoms with Gasteiger partial charge in [0, 0.05) is 26.3 Å². The molecule has 22 heavy (non-hydrogen) atoms. The van der Waals surface area contributed by atoms with E-state index in [1.807, 2.05) is 44.4 Å². The van der Waals surface area contributed by atoms with Crippen molar-refractivity contribution >= 4 is 46.0 Å². The van der Waals surface area contributed by atoms with Crippen molar-refractivity contribution in [2.45, 2.75) is 26.2 Å². The Morgan fingerprint density at radius 2 is 1.91 bits per heavy atom. The van der Waals surface area contributed by atoms with Crippen molar-refractivity contribution in [3.8, 4) is 0 Å². The van der Waals surface area contributed by atoms with E-state index in [0.29, 0.717) is 4.32 Å². The van der Waals surface area contributed by atoms with Crippen molar-refractivity contribution in [1.82, 2.24) is 4.90 Å². The van der Waals surface area contributed by atoms with Gasteiger partial charge in [-0.05, 0) is 30.2 Å². The zero-order valence-electron chi connectivity index (χ0n) is 13.3. The van der Waals surface area contributed by atoms with Gasteiger partial charge in [0.1, 0.15) is 4.32 Å². The van der Waals surface area contributed by atoms with Gasteiger partial charge in [0.2, 0.25) is 0 Å². The molecule has 0 radical (unpaired) electrons. The summed E-state index contributed by atoms with van der Waals surface area (Å²) in [4.78, 5) is 16.9. The molecule has 5 heteroatoms. The zero-order valence-corrected chi connectivity index (χ0v) is 15.0. The number of hydrogen-bond donors (Lipinski definition) is 0. The van der Waals surface area contributed by atoms with E-state index < -0.39 is 0 Å². The van der Waals surface area contributed by atoms with Crippen LogP contribution in [0.2, 0.25) is 0 Å². The van der Waals surface area contributed by atoms with Crippen LogP contribution in [0.25, 0.3) is 6.08 Å². The number of carbonyl (C=O) groups is 1. The highest BCUT2D eigenvalue weighted by Crippen LogP contribution is 2.32. The summed E-state index contributed by atoms with van der Waals surface area (Å²) in [6.07, 6.45) is 5.21. The van der Waals surface area contributed by atoms with Gasteiger partial charge in [0.25, 0.3) is 5.91 Å². The summed E-state index contributed by atoms with van der Waals surface area (Å²) in [6.45, 7) is 2.89. The van der Waals surface area contributed by atoms with E-state index >= 15 is 0 Å². The fraction of sp³-hybridized carbons (Fsp3) is 0.412. The number of amides is 1. The number of nitrogens with zero attached hydrogens (tertiary/aromatic N) is 2. The topological polar surface area (TPSA) is 23.6 Å². The third-order valence-electron chi connectivity index (χ3n) is 3.57. The van der Waals surface area contributed by atoms with Crippen molar-refractivity contribution in [1.29, 1.82) is 0 Å². The maximum Gasteiger partial charge on any atom is 0.266 e. The Balaban J connectivity index is 2.08. The Morgan fingerprint density at radius 1 is 1.23 bits per heavy atom. The molecule has 0 aliphatic carbocycles. The van der Waals surface area contributed by atoms with Gasteiger partial charge in [-0.15, -0.1) is 0 Å². The Bertz CT molecular complexity index is 579. The van der Waals surface area contributed by atoms with E-state index in [9.17, 15) is 4.79 Å². The summed E-state index contributed by atoms with van der Waals surface area (Å²) in [5.41, 5.74) is 2.17. The van der Waals surface area contributed by atoms with Gasteiger partial charge in [-0.25, -0.2) is 0 Å². The first-order valence-corrected chi connectivity index (χ1v) is 8.78. The Hall–Kier alpha value is -1.33. The first kappa shape index (κ1) is 17.0. The summed E-state index contributed by atoms with van der Waals surface area (Å²) in [5.74, 6) is 0.0442. The highest BCUT2D eigenvalue weighted by atomic mass is 32.2. The second kappa shape index (κ2) is 7.79. The molecular formula is C17H22N2OS2. The highest BCUT2D eigenvalue weighted by molar-refractivity contribution is 8.26. The van der Waals surface area contributed by atoms with Crippen molar-refractivity contribution in [2.24, 2.45) is 0 Å². The van der Waals surface area contributed by atoms with Gasteiger partial charge in [0.05, 0.1) is 4.91 Å². The fourth-order valence-corrected chi connectivity index (χ4v) is 3.54. The molecule has 1 aromatic carbocycles. The van der Waals surface area contributed by atoms with E-state index in [0.717, 1.165) is 42.0 Å². The summed E-state index contributed by atoms with van der Waals surface area (Å²) >= 11 is 6.74. The molecule has 0 bridgehead atoms. The highest BCUT2D eigenvalue weighted by Gasteiger charge is 2.31. The molecule has 2 rings (SSSR count). The molecule has 0 unspecified atom stereocenters. The zero-order chi connectivity index (χ0) is 16.1. The number of rotatable bonds is 6. The van der Waals surface area contributed by atoms with Gasteiger partial charge in [-0.3, -0.25) is 9.69 Å². The average Bonchev–Trinajstić information content (AvgIpc) is 2.75. The quantitative estimate of drug-likeness (QED) is 0.443. The van der Waals surface area contributed by atoms with Gasteiger partial charge in [0.15, 0.2) is 0 Å². The van der Waals surface area contributed by atoms with E-state index in [4.69, 9.17) is 12.2 Å². The molecule has 0 saturated carbocycles. The van der Waals surface area contributed by atoms with Crippen LogP contribution in [0.5, 0.6) is 0 Å². The Labute approximate surface area is 142 Å². The molecule has 1 amide bonds. The molecule has 1 aliphatic heterocycles. The van der Waals surface area contributed by atoms with Gasteiger partial charge < -0.3 is 4.90 Å². The number of carbonyl (C=O) groups excluding carboxylic acids is 1. The molecule has 1 fully saturated rings. The number of hydrogen-bond acceptors (Lipinski definition) is 4. The minimum Gasteiger partial charge on any atom is -0.378 e. The second-order valence-electron chi connectivity index (χ2n) is 5.53. The first-order chi connectivity index (χ1) is 10.5. The third kappa shape index (κ3) is 4.11. The summed E-state index contributed by atoms with van der Waals surface area (Å²) in [7, 11) is 4.02. The molecule has 0 spiro atoms. The van der Waals surface area contributed by atoms with Crippen LogP contribution < -0.4 is 4.90 Å². The number of thioether (sulfide) groups is 1. The number of anilines is 1. The average molecular weight is 335 g/mol. The van der Waals surface area contributed by atoms with Crippen molar-refractivity contribution < 1.29 is 4.79 Å². The molecule has 0 atom stereocenters. The van der Waals surface area contributed by atoms with Crippen LogP contribution in [0.1, 0.15) is 31.7 Å². The van der Waals surface area contributed by atoms with Gasteiger partial charge >= 0.3 is 0 Å². The predicted molar refractivity (Wildman–Crippen MR) is 100 cm³/mol. The van der Waals surface area contributed by atoms with Crippen LogP contribution in [-0.4, -0.2) is 35.8 Å². The van der Waals surface area contributed by atoms with Crippen LogP contribution in [0.15, 0.2) is 29.2 Å². The molecule has 0 aromatic heterocycles. The summed E-state index contributed by atoms with van der Waals surface area (Å²) < 4.78 is 0.678. The predicted octanol–water partition coefficient (Wildman–Crippen LogP) is 4.14. The lowest BCUT2D eigenvalue weighted by atomic mass is 10.2. The van der Waals surface area contributed by atoms with Crippen molar-refractivity contribution in [3.63, 3.8) is 0 Å². The monoisotopic (exact) mass is 334 g/mol. The first-order valence-electron chi connectivity index (χ1n) is 7.55. The van der Waals surface area contributed by atoms with Crippen molar-refractivity contribution in [2.75, 3.05) is 25.5 Å². The van der Waals surface area contributed by atoms with Gasteiger partial charge in [-0.1, -0.05) is 55.9 Å². The lowest BCUT2D eigenvalue weighted by Gasteiger charge is -2.13. The van der Waals surface area contributed by atoms with E-state index in [-0.39, 0.29) is 5.91 Å². The van der Waals surface area contributed by atoms with Crippen LogP contribution >= 0.6 is 24.0 Å². The molecule has 1 aromatic rings. The van der Waals surface area contributed by atoms with Crippen LogP contribution in [0, 0.1) is 0 Å². The molecular weight excluding hydrogens is 312 g/mol. The standard InChI is InChI=1S/C17H22N2OS2/c1-4-5-6-11-19-16(20)15(22-17(19)21)12-13-7-9-14(10-8-13)18(2)3/h7-10,12H,4-6,11H2,1-3H3/b15-12-. The lowest BCUT2D eigenvalue weighted by molar-refractivity contribution is -0.122. The molecule has 1 aliphatic rings. The number of unbranched alkanes of at least 4 members (excludes halogenated alkanes) is 2. The molecule has 118 valence electrons. The van der Waals surface area contributed by atoms with Crippen LogP contribution in [-0.2, 0) is 4.79 Å². The Morgan fingerprint density at radius 3 is 2.50 bits per heavy atom. The number of benzene rings is 1. The Kier molecular flexibility index (Phi) is 6.03. The lowest BCUT2D eigenvalue weighted by Crippen LogP contribution is -2.28. The fourth-order valence-electron chi connectivity index (χ4n) is 2.23. The van der Waals surface area contributed by atoms with Gasteiger partial charge in [-0.2, -0.15) is 0 Å². The maximum absolute atomic E-state index is 12.4. The molecule has 0 N–H and O–H groups in total. The van der Waals surface area contributed by atoms with E-state index in [1.165, 1.54) is 11.8 Å². The smallest absolute Gasteiger partial charge is 0.266 e. The van der Waals surface area contributed by atoms with E-state index in [2.05, 4.69) is 11.8 Å². The van der Waals surface area contributed by atoms with Crippen LogP contribution in [0.3, 0.4) is 0 Å². The molecule has 1 saturated heterocycles. The number of thiocarbonyl (C=S) groups is 1. The van der Waals surface area contributed by atoms with Crippen molar-refractivity contribution in [3.05, 3.63) is 34.7 Å². The minimum absolute atomic E-state index is 0.0442. The maximum atomic E-state index is 12.4. The second-order valence-corrected chi connectivity index (χ2v) is 7.20. The van der Waals surface area contributed by atoms with E-state index in [1.54, 1.807) is 4.90 Å². The molecule has 1 heterocycles. The normalized spacial score (nSPS) is 16.7. The third-order valence-corrected chi connectivity index (χ3v) is 4.94. The van der Waals surface area contributed by atoms with Crippen LogP contribution in [0.4, 0.5) is 5.69 Å². The SMILES string of the molecule is CCCCCN1C(=O)/C(=C/c2ccc(N(C)C)cc2)SC1=S. The summed E-state index contributed by atoms with van der Waals surface area (Å²) in [5, 5.41) is 0. The largest absolute Gasteiger partial charge is 0.378 e. The molecule has 3 nitrogen and oxygen atoms in total.